The summed E-state index contributed by atoms with van der Waals surface area (Å²) in [5, 5.41) is 0.793. The van der Waals surface area contributed by atoms with Gasteiger partial charge in [0, 0.05) is 19.5 Å². The summed E-state index contributed by atoms with van der Waals surface area (Å²) in [6.07, 6.45) is 1.23. The molecule has 0 aliphatic carbocycles. The molecule has 0 radical (unpaired) electrons. The molecular weight excluding hydrogens is 380 g/mol. The lowest BCUT2D eigenvalue weighted by Crippen LogP contribution is -2.32. The van der Waals surface area contributed by atoms with Crippen molar-refractivity contribution in [3.63, 3.8) is 0 Å². The Morgan fingerprint density at radius 3 is 2.54 bits per heavy atom. The topological polar surface area (TPSA) is 77.3 Å². The standard InChI is InChI=1S/C20H24N2O5S/c1-5-26-20(23)19-16-8-6-7-9-17(16)22-12-15(10-11-18(19)22)27-14(2)13-28(24,25)21(3)4/h6-12,14H,5,13H2,1-4H3. The van der Waals surface area contributed by atoms with Crippen molar-refractivity contribution in [1.29, 1.82) is 0 Å². The minimum atomic E-state index is -3.37. The summed E-state index contributed by atoms with van der Waals surface area (Å²) in [5.41, 5.74) is 2.06. The second-order valence-corrected chi connectivity index (χ2v) is 8.95. The Hall–Kier alpha value is -2.58. The lowest BCUT2D eigenvalue weighted by atomic mass is 10.1. The van der Waals surface area contributed by atoms with Crippen molar-refractivity contribution in [3.05, 3.63) is 48.2 Å². The predicted octanol–water partition coefficient (Wildman–Crippen LogP) is 2.93. The van der Waals surface area contributed by atoms with Gasteiger partial charge in [0.2, 0.25) is 10.0 Å². The van der Waals surface area contributed by atoms with E-state index in [9.17, 15) is 13.2 Å². The van der Waals surface area contributed by atoms with Crippen LogP contribution in [0.4, 0.5) is 0 Å². The molecule has 0 spiro atoms. The Morgan fingerprint density at radius 1 is 1.14 bits per heavy atom. The molecule has 0 saturated heterocycles. The molecule has 0 saturated carbocycles. The van der Waals surface area contributed by atoms with Crippen LogP contribution in [0.2, 0.25) is 0 Å². The maximum absolute atomic E-state index is 12.5. The molecule has 2 aromatic heterocycles. The smallest absolute Gasteiger partial charge is 0.340 e. The van der Waals surface area contributed by atoms with Crippen LogP contribution in [0.3, 0.4) is 0 Å². The number of aromatic nitrogens is 1. The molecule has 3 rings (SSSR count). The number of rotatable bonds is 7. The first-order valence-corrected chi connectivity index (χ1v) is 10.6. The van der Waals surface area contributed by atoms with Gasteiger partial charge in [-0.05, 0) is 32.0 Å². The van der Waals surface area contributed by atoms with E-state index in [2.05, 4.69) is 0 Å². The minimum absolute atomic E-state index is 0.126. The largest absolute Gasteiger partial charge is 0.488 e. The Labute approximate surface area is 164 Å². The van der Waals surface area contributed by atoms with Gasteiger partial charge >= 0.3 is 5.97 Å². The third-order valence-electron chi connectivity index (χ3n) is 4.43. The van der Waals surface area contributed by atoms with Gasteiger partial charge in [0.15, 0.2) is 0 Å². The highest BCUT2D eigenvalue weighted by atomic mass is 32.2. The van der Waals surface area contributed by atoms with Crippen LogP contribution in [0.5, 0.6) is 5.75 Å². The summed E-state index contributed by atoms with van der Waals surface area (Å²) in [6.45, 7) is 3.78. The van der Waals surface area contributed by atoms with Gasteiger partial charge in [0.05, 0.1) is 29.4 Å². The molecule has 2 heterocycles. The van der Waals surface area contributed by atoms with Crippen molar-refractivity contribution in [2.45, 2.75) is 20.0 Å². The van der Waals surface area contributed by atoms with Crippen molar-refractivity contribution in [3.8, 4) is 5.75 Å². The fraction of sp³-hybridized carbons (Fsp3) is 0.350. The van der Waals surface area contributed by atoms with Gasteiger partial charge in [-0.2, -0.15) is 0 Å². The average Bonchev–Trinajstić information content (AvgIpc) is 2.95. The number of hydrogen-bond donors (Lipinski definition) is 0. The summed E-state index contributed by atoms with van der Waals surface area (Å²) < 4.78 is 38.2. The molecule has 3 aromatic rings. The van der Waals surface area contributed by atoms with E-state index in [1.54, 1.807) is 32.2 Å². The molecule has 7 nitrogen and oxygen atoms in total. The second-order valence-electron chi connectivity index (χ2n) is 6.72. The Bertz CT molecular complexity index is 1120. The number of pyridine rings is 1. The highest BCUT2D eigenvalue weighted by Crippen LogP contribution is 2.29. The Kier molecular flexibility index (Phi) is 5.62. The van der Waals surface area contributed by atoms with E-state index < -0.39 is 16.1 Å². The summed E-state index contributed by atoms with van der Waals surface area (Å²) >= 11 is 0. The first-order valence-electron chi connectivity index (χ1n) is 9.01. The number of sulfonamides is 1. The Balaban J connectivity index is 2.00. The zero-order chi connectivity index (χ0) is 20.5. The van der Waals surface area contributed by atoms with E-state index in [4.69, 9.17) is 9.47 Å². The van der Waals surface area contributed by atoms with Crippen LogP contribution < -0.4 is 4.74 Å². The van der Waals surface area contributed by atoms with Gasteiger partial charge in [0.25, 0.3) is 0 Å². The van der Waals surface area contributed by atoms with Crippen LogP contribution in [0, 0.1) is 0 Å². The number of benzene rings is 1. The van der Waals surface area contributed by atoms with Crippen LogP contribution >= 0.6 is 0 Å². The maximum atomic E-state index is 12.5. The number of ether oxygens (including phenoxy) is 2. The summed E-state index contributed by atoms with van der Waals surface area (Å²) in [5.74, 6) is 0.0175. The van der Waals surface area contributed by atoms with Crippen LogP contribution in [0.15, 0.2) is 42.6 Å². The number of esters is 1. The molecule has 0 amide bonds. The fourth-order valence-corrected chi connectivity index (χ4v) is 4.08. The Morgan fingerprint density at radius 2 is 1.86 bits per heavy atom. The number of hydrogen-bond acceptors (Lipinski definition) is 5. The molecule has 150 valence electrons. The molecule has 0 aliphatic rings. The minimum Gasteiger partial charge on any atom is -0.488 e. The number of para-hydroxylation sites is 1. The highest BCUT2D eigenvalue weighted by Gasteiger charge is 2.21. The van der Waals surface area contributed by atoms with E-state index in [1.807, 2.05) is 28.7 Å². The van der Waals surface area contributed by atoms with E-state index in [-0.39, 0.29) is 11.7 Å². The molecular formula is C20H24N2O5S. The lowest BCUT2D eigenvalue weighted by molar-refractivity contribution is 0.0531. The number of nitrogens with zero attached hydrogens (tertiary/aromatic N) is 2. The summed E-state index contributed by atoms with van der Waals surface area (Å²) in [6, 6.07) is 11.1. The van der Waals surface area contributed by atoms with Gasteiger partial charge in [-0.3, -0.25) is 0 Å². The van der Waals surface area contributed by atoms with Crippen LogP contribution in [-0.4, -0.2) is 55.7 Å². The number of carbonyl (C=O) groups excluding carboxylic acids is 1. The molecule has 8 heteroatoms. The molecule has 0 aliphatic heterocycles. The maximum Gasteiger partial charge on any atom is 0.340 e. The van der Waals surface area contributed by atoms with Gasteiger partial charge < -0.3 is 13.9 Å². The quantitative estimate of drug-likeness (QED) is 0.566. The first-order chi connectivity index (χ1) is 13.2. The SMILES string of the molecule is CCOC(=O)c1c2ccccc2n2cc(OC(C)CS(=O)(=O)N(C)C)ccc12. The normalized spacial score (nSPS) is 13.2. The summed E-state index contributed by atoms with van der Waals surface area (Å²) in [7, 11) is -0.374. The van der Waals surface area contributed by atoms with E-state index in [1.165, 1.54) is 18.4 Å². The van der Waals surface area contributed by atoms with Gasteiger partial charge in [-0.15, -0.1) is 0 Å². The third-order valence-corrected chi connectivity index (χ3v) is 6.43. The van der Waals surface area contributed by atoms with Crippen molar-refractivity contribution < 1.29 is 22.7 Å². The van der Waals surface area contributed by atoms with Crippen LogP contribution in [0.1, 0.15) is 24.2 Å². The van der Waals surface area contributed by atoms with Gasteiger partial charge in [0.1, 0.15) is 17.6 Å². The first kappa shape index (κ1) is 20.2. The summed E-state index contributed by atoms with van der Waals surface area (Å²) in [4.78, 5) is 12.5. The highest BCUT2D eigenvalue weighted by molar-refractivity contribution is 7.89. The third kappa shape index (κ3) is 3.83. The van der Waals surface area contributed by atoms with Crippen LogP contribution in [-0.2, 0) is 14.8 Å². The van der Waals surface area contributed by atoms with Crippen molar-refractivity contribution in [2.75, 3.05) is 26.5 Å². The second kappa shape index (κ2) is 7.81. The zero-order valence-electron chi connectivity index (χ0n) is 16.4. The van der Waals surface area contributed by atoms with Crippen LogP contribution in [0.25, 0.3) is 16.4 Å². The van der Waals surface area contributed by atoms with Crippen molar-refractivity contribution >= 4 is 32.4 Å². The van der Waals surface area contributed by atoms with Gasteiger partial charge in [-0.25, -0.2) is 17.5 Å². The van der Waals surface area contributed by atoms with E-state index in [0.717, 1.165) is 10.9 Å². The molecule has 0 bridgehead atoms. The lowest BCUT2D eigenvalue weighted by Gasteiger charge is -2.18. The zero-order valence-corrected chi connectivity index (χ0v) is 17.2. The molecule has 1 atom stereocenters. The molecule has 1 aromatic carbocycles. The number of carbonyl (C=O) groups is 1. The monoisotopic (exact) mass is 404 g/mol. The van der Waals surface area contributed by atoms with E-state index >= 15 is 0 Å². The molecule has 0 N–H and O–H groups in total. The van der Waals surface area contributed by atoms with E-state index in [0.29, 0.717) is 23.4 Å². The fourth-order valence-electron chi connectivity index (χ4n) is 3.12. The van der Waals surface area contributed by atoms with Gasteiger partial charge in [-0.1, -0.05) is 18.2 Å². The number of fused-ring (bicyclic) bond motifs is 3. The molecule has 0 fully saturated rings. The molecule has 28 heavy (non-hydrogen) atoms. The predicted molar refractivity (Wildman–Crippen MR) is 108 cm³/mol. The van der Waals surface area contributed by atoms with Crippen molar-refractivity contribution in [1.82, 2.24) is 8.71 Å². The molecule has 1 unspecified atom stereocenters. The average molecular weight is 404 g/mol. The van der Waals surface area contributed by atoms with Crippen molar-refractivity contribution in [2.24, 2.45) is 0 Å².